The van der Waals surface area contributed by atoms with Crippen molar-refractivity contribution in [3.8, 4) is 11.5 Å². The van der Waals surface area contributed by atoms with Crippen LogP contribution in [0.5, 0.6) is 0 Å². The van der Waals surface area contributed by atoms with Gasteiger partial charge in [0.05, 0.1) is 17.7 Å². The van der Waals surface area contributed by atoms with E-state index in [1.807, 2.05) is 18.2 Å². The Morgan fingerprint density at radius 3 is 3.00 bits per heavy atom. The van der Waals surface area contributed by atoms with Gasteiger partial charge in [0, 0.05) is 24.9 Å². The fourth-order valence-electron chi connectivity index (χ4n) is 2.41. The van der Waals surface area contributed by atoms with Crippen molar-refractivity contribution in [3.63, 3.8) is 0 Å². The predicted octanol–water partition coefficient (Wildman–Crippen LogP) is 2.18. The Kier molecular flexibility index (Phi) is 2.67. The molecule has 3 aromatic rings. The molecule has 0 bridgehead atoms. The van der Waals surface area contributed by atoms with Crippen LogP contribution in [0.15, 0.2) is 35.1 Å². The number of hydrogen-bond acceptors (Lipinski definition) is 6. The van der Waals surface area contributed by atoms with Gasteiger partial charge in [-0.2, -0.15) is 4.98 Å². The molecule has 4 rings (SSSR count). The number of fused-ring (bicyclic) bond motifs is 1. The van der Waals surface area contributed by atoms with E-state index in [1.54, 1.807) is 12.4 Å². The number of ether oxygens (including phenoxy) is 1. The van der Waals surface area contributed by atoms with Crippen molar-refractivity contribution in [1.82, 2.24) is 20.1 Å². The lowest BCUT2D eigenvalue weighted by Crippen LogP contribution is -1.99. The molecular weight excluding hydrogens is 256 g/mol. The summed E-state index contributed by atoms with van der Waals surface area (Å²) in [5, 5.41) is 4.07. The number of hydrogen-bond donors (Lipinski definition) is 0. The predicted molar refractivity (Wildman–Crippen MR) is 71.0 cm³/mol. The van der Waals surface area contributed by atoms with Crippen LogP contribution in [-0.2, 0) is 4.74 Å². The average molecular weight is 268 g/mol. The van der Waals surface area contributed by atoms with Crippen molar-refractivity contribution in [1.29, 1.82) is 0 Å². The molecule has 0 N–H and O–H groups in total. The van der Waals surface area contributed by atoms with Gasteiger partial charge < -0.3 is 9.26 Å². The Balaban J connectivity index is 1.79. The lowest BCUT2D eigenvalue weighted by atomic mass is 10.1. The number of nitrogens with zero attached hydrogens (tertiary/aromatic N) is 4. The Hall–Kier alpha value is -2.34. The van der Waals surface area contributed by atoms with Crippen LogP contribution in [0.25, 0.3) is 22.5 Å². The van der Waals surface area contributed by atoms with Gasteiger partial charge in [0.1, 0.15) is 5.52 Å². The summed E-state index contributed by atoms with van der Waals surface area (Å²) in [5.41, 5.74) is 2.40. The van der Waals surface area contributed by atoms with Gasteiger partial charge in [-0.25, -0.2) is 0 Å². The molecule has 1 fully saturated rings. The van der Waals surface area contributed by atoms with Crippen LogP contribution < -0.4 is 0 Å². The van der Waals surface area contributed by atoms with Crippen LogP contribution in [0, 0.1) is 0 Å². The van der Waals surface area contributed by atoms with Crippen LogP contribution in [0.3, 0.4) is 0 Å². The maximum atomic E-state index is 5.39. The largest absolute Gasteiger partial charge is 0.381 e. The second-order valence-corrected chi connectivity index (χ2v) is 4.75. The lowest BCUT2D eigenvalue weighted by molar-refractivity contribution is 0.192. The van der Waals surface area contributed by atoms with Crippen LogP contribution >= 0.6 is 0 Å². The normalized spacial score (nSPS) is 18.7. The molecule has 0 aliphatic carbocycles. The number of aromatic nitrogens is 4. The standard InChI is InChI=1S/C14H12N4O2/c1-2-10(12-11(3-1)15-5-6-16-12)14-17-13(18-20-14)9-4-7-19-8-9/h1-3,5-6,9H,4,7-8H2. The molecule has 1 saturated heterocycles. The van der Waals surface area contributed by atoms with Gasteiger partial charge in [-0.05, 0) is 18.6 Å². The monoisotopic (exact) mass is 268 g/mol. The lowest BCUT2D eigenvalue weighted by Gasteiger charge is -2.00. The zero-order valence-corrected chi connectivity index (χ0v) is 10.7. The third-order valence-electron chi connectivity index (χ3n) is 3.47. The van der Waals surface area contributed by atoms with E-state index in [0.29, 0.717) is 18.3 Å². The summed E-state index contributed by atoms with van der Waals surface area (Å²) in [7, 11) is 0. The molecule has 20 heavy (non-hydrogen) atoms. The molecule has 2 aromatic heterocycles. The summed E-state index contributed by atoms with van der Waals surface area (Å²) in [6.45, 7) is 1.42. The highest BCUT2D eigenvalue weighted by molar-refractivity contribution is 5.88. The van der Waals surface area contributed by atoms with E-state index < -0.39 is 0 Å². The van der Waals surface area contributed by atoms with Gasteiger partial charge >= 0.3 is 0 Å². The van der Waals surface area contributed by atoms with Gasteiger partial charge in [-0.1, -0.05) is 11.2 Å². The fraction of sp³-hybridized carbons (Fsp3) is 0.286. The Morgan fingerprint density at radius 2 is 2.10 bits per heavy atom. The number of rotatable bonds is 2. The topological polar surface area (TPSA) is 73.9 Å². The van der Waals surface area contributed by atoms with E-state index in [4.69, 9.17) is 9.26 Å². The molecular formula is C14H12N4O2. The first kappa shape index (κ1) is 11.5. The molecule has 0 saturated carbocycles. The highest BCUT2D eigenvalue weighted by Gasteiger charge is 2.24. The Labute approximate surface area is 114 Å². The van der Waals surface area contributed by atoms with Crippen molar-refractivity contribution < 1.29 is 9.26 Å². The molecule has 6 nitrogen and oxygen atoms in total. The Bertz CT molecular complexity index is 744. The summed E-state index contributed by atoms with van der Waals surface area (Å²) >= 11 is 0. The molecule has 0 spiro atoms. The zero-order valence-electron chi connectivity index (χ0n) is 10.7. The molecule has 1 aliphatic heterocycles. The third kappa shape index (κ3) is 1.85. The van der Waals surface area contributed by atoms with E-state index in [0.717, 1.165) is 29.6 Å². The fourth-order valence-corrected chi connectivity index (χ4v) is 2.41. The summed E-state index contributed by atoms with van der Waals surface area (Å²) in [6, 6.07) is 5.74. The summed E-state index contributed by atoms with van der Waals surface area (Å²) in [4.78, 5) is 13.1. The quantitative estimate of drug-likeness (QED) is 0.709. The summed E-state index contributed by atoms with van der Waals surface area (Å²) in [6.07, 6.45) is 4.27. The van der Waals surface area contributed by atoms with Crippen molar-refractivity contribution >= 4 is 11.0 Å². The van der Waals surface area contributed by atoms with Crippen LogP contribution in [-0.4, -0.2) is 33.3 Å². The smallest absolute Gasteiger partial charge is 0.260 e. The second kappa shape index (κ2) is 4.64. The number of benzene rings is 1. The van der Waals surface area contributed by atoms with Crippen LogP contribution in [0.2, 0.25) is 0 Å². The van der Waals surface area contributed by atoms with Crippen molar-refractivity contribution in [3.05, 3.63) is 36.4 Å². The summed E-state index contributed by atoms with van der Waals surface area (Å²) in [5.74, 6) is 1.42. The van der Waals surface area contributed by atoms with Gasteiger partial charge in [-0.3, -0.25) is 9.97 Å². The van der Waals surface area contributed by atoms with Crippen molar-refractivity contribution in [2.24, 2.45) is 0 Å². The molecule has 100 valence electrons. The van der Waals surface area contributed by atoms with Gasteiger partial charge in [0.15, 0.2) is 5.82 Å². The molecule has 3 heterocycles. The minimum absolute atomic E-state index is 0.230. The van der Waals surface area contributed by atoms with Crippen molar-refractivity contribution in [2.45, 2.75) is 12.3 Å². The van der Waals surface area contributed by atoms with E-state index in [2.05, 4.69) is 20.1 Å². The van der Waals surface area contributed by atoms with Gasteiger partial charge in [0.2, 0.25) is 0 Å². The molecule has 1 unspecified atom stereocenters. The first-order valence-electron chi connectivity index (χ1n) is 6.53. The number of para-hydroxylation sites is 1. The minimum atomic E-state index is 0.230. The maximum Gasteiger partial charge on any atom is 0.260 e. The maximum absolute atomic E-state index is 5.39. The zero-order chi connectivity index (χ0) is 13.4. The SMILES string of the molecule is c1cc(-c2nc(C3CCOC3)no2)c2nccnc2c1. The Morgan fingerprint density at radius 1 is 1.15 bits per heavy atom. The van der Waals surface area contributed by atoms with Crippen LogP contribution in [0.4, 0.5) is 0 Å². The molecule has 6 heteroatoms. The molecule has 1 atom stereocenters. The highest BCUT2D eigenvalue weighted by Crippen LogP contribution is 2.28. The molecule has 1 aliphatic rings. The minimum Gasteiger partial charge on any atom is -0.381 e. The van der Waals surface area contributed by atoms with E-state index in [1.165, 1.54) is 0 Å². The first-order valence-corrected chi connectivity index (χ1v) is 6.53. The summed E-state index contributed by atoms with van der Waals surface area (Å²) < 4.78 is 10.7. The molecule has 0 radical (unpaired) electrons. The second-order valence-electron chi connectivity index (χ2n) is 4.75. The van der Waals surface area contributed by atoms with Crippen LogP contribution in [0.1, 0.15) is 18.2 Å². The average Bonchev–Trinajstić information content (AvgIpc) is 3.17. The van der Waals surface area contributed by atoms with Crippen molar-refractivity contribution in [2.75, 3.05) is 13.2 Å². The van der Waals surface area contributed by atoms with E-state index in [9.17, 15) is 0 Å². The third-order valence-corrected chi connectivity index (χ3v) is 3.47. The highest BCUT2D eigenvalue weighted by atomic mass is 16.5. The van der Waals surface area contributed by atoms with Gasteiger partial charge in [-0.15, -0.1) is 0 Å². The van der Waals surface area contributed by atoms with E-state index in [-0.39, 0.29) is 5.92 Å². The van der Waals surface area contributed by atoms with E-state index >= 15 is 0 Å². The first-order chi connectivity index (χ1) is 9.92. The van der Waals surface area contributed by atoms with Gasteiger partial charge in [0.25, 0.3) is 5.89 Å². The molecule has 1 aromatic carbocycles. The molecule has 0 amide bonds.